The van der Waals surface area contributed by atoms with Crippen LogP contribution < -0.4 is 10.5 Å². The van der Waals surface area contributed by atoms with E-state index < -0.39 is 0 Å². The lowest BCUT2D eigenvalue weighted by molar-refractivity contribution is 0.372. The van der Waals surface area contributed by atoms with Gasteiger partial charge in [0, 0.05) is 5.56 Å². The highest BCUT2D eigenvalue weighted by molar-refractivity contribution is 6.32. The molecule has 0 aliphatic heterocycles. The molecular weight excluding hydrogens is 190 g/mol. The summed E-state index contributed by atoms with van der Waals surface area (Å²) in [5, 5.41) is 10.1. The molecule has 0 saturated heterocycles. The number of nitrogen functional groups attached to an aromatic ring is 1. The minimum absolute atomic E-state index is 0.0399. The molecular formula is C9H12ClNO2. The van der Waals surface area contributed by atoms with Crippen LogP contribution in [0, 0.1) is 13.8 Å². The molecule has 1 rings (SSSR count). The zero-order valence-corrected chi connectivity index (χ0v) is 8.57. The molecule has 0 aliphatic carbocycles. The number of ether oxygens (including phenoxy) is 1. The summed E-state index contributed by atoms with van der Waals surface area (Å²) in [4.78, 5) is 0. The van der Waals surface area contributed by atoms with Gasteiger partial charge in [-0.2, -0.15) is 0 Å². The van der Waals surface area contributed by atoms with Crippen LogP contribution in [-0.4, -0.2) is 12.2 Å². The summed E-state index contributed by atoms with van der Waals surface area (Å²) in [7, 11) is 1.47. The van der Waals surface area contributed by atoms with Crippen LogP contribution in [0.5, 0.6) is 11.5 Å². The number of aromatic hydroxyl groups is 1. The summed E-state index contributed by atoms with van der Waals surface area (Å²) in [6, 6.07) is 0. The molecule has 0 amide bonds. The van der Waals surface area contributed by atoms with Crippen LogP contribution in [-0.2, 0) is 0 Å². The van der Waals surface area contributed by atoms with Crippen molar-refractivity contribution in [1.82, 2.24) is 0 Å². The lowest BCUT2D eigenvalue weighted by Crippen LogP contribution is -1.97. The maximum Gasteiger partial charge on any atom is 0.181 e. The van der Waals surface area contributed by atoms with Crippen LogP contribution >= 0.6 is 11.6 Å². The van der Waals surface area contributed by atoms with E-state index in [2.05, 4.69) is 0 Å². The van der Waals surface area contributed by atoms with Crippen LogP contribution in [0.1, 0.15) is 11.1 Å². The van der Waals surface area contributed by atoms with Gasteiger partial charge in [-0.1, -0.05) is 11.6 Å². The Morgan fingerprint density at radius 1 is 1.31 bits per heavy atom. The average molecular weight is 202 g/mol. The minimum Gasteiger partial charge on any atom is -0.503 e. The van der Waals surface area contributed by atoms with Gasteiger partial charge in [0.1, 0.15) is 0 Å². The molecule has 3 N–H and O–H groups in total. The summed E-state index contributed by atoms with van der Waals surface area (Å²) in [5.41, 5.74) is 7.26. The second-order valence-corrected chi connectivity index (χ2v) is 3.24. The van der Waals surface area contributed by atoms with Crippen molar-refractivity contribution in [1.29, 1.82) is 0 Å². The highest BCUT2D eigenvalue weighted by Gasteiger charge is 2.16. The Morgan fingerprint density at radius 3 is 2.31 bits per heavy atom. The van der Waals surface area contributed by atoms with Gasteiger partial charge in [0.2, 0.25) is 0 Å². The molecule has 0 aromatic heterocycles. The van der Waals surface area contributed by atoms with Crippen LogP contribution in [0.2, 0.25) is 5.02 Å². The summed E-state index contributed by atoms with van der Waals surface area (Å²) >= 11 is 5.97. The number of hydrogen-bond acceptors (Lipinski definition) is 3. The zero-order chi connectivity index (χ0) is 10.2. The van der Waals surface area contributed by atoms with Crippen molar-refractivity contribution in [3.63, 3.8) is 0 Å². The third-order valence-electron chi connectivity index (χ3n) is 2.08. The number of rotatable bonds is 1. The second-order valence-electron chi connectivity index (χ2n) is 2.86. The SMILES string of the molecule is COc1c(C)c(Cl)c(C)c(N)c1O. The molecule has 0 heterocycles. The van der Waals surface area contributed by atoms with Crippen molar-refractivity contribution in [2.75, 3.05) is 12.8 Å². The molecule has 0 spiro atoms. The third kappa shape index (κ3) is 1.40. The number of hydrogen-bond donors (Lipinski definition) is 2. The van der Waals surface area contributed by atoms with Crippen molar-refractivity contribution in [3.05, 3.63) is 16.1 Å². The van der Waals surface area contributed by atoms with Crippen molar-refractivity contribution in [2.45, 2.75) is 13.8 Å². The van der Waals surface area contributed by atoms with Gasteiger partial charge in [0.25, 0.3) is 0 Å². The van der Waals surface area contributed by atoms with E-state index in [1.807, 2.05) is 0 Å². The van der Waals surface area contributed by atoms with E-state index in [1.165, 1.54) is 7.11 Å². The second kappa shape index (κ2) is 3.34. The molecule has 4 heteroatoms. The fourth-order valence-electron chi connectivity index (χ4n) is 1.23. The fraction of sp³-hybridized carbons (Fsp3) is 0.333. The standard InChI is InChI=1S/C9H12ClNO2/c1-4-6(10)5(2)9(13-3)8(12)7(4)11/h12H,11H2,1-3H3. The Labute approximate surface area is 82.1 Å². The van der Waals surface area contributed by atoms with Crippen molar-refractivity contribution in [3.8, 4) is 11.5 Å². The van der Waals surface area contributed by atoms with Gasteiger partial charge in [0.05, 0.1) is 17.8 Å². The number of benzene rings is 1. The van der Waals surface area contributed by atoms with Gasteiger partial charge in [-0.3, -0.25) is 0 Å². The molecule has 0 fully saturated rings. The first-order chi connectivity index (χ1) is 6.00. The topological polar surface area (TPSA) is 55.5 Å². The Hall–Kier alpha value is -1.09. The largest absolute Gasteiger partial charge is 0.503 e. The molecule has 1 aromatic rings. The van der Waals surface area contributed by atoms with Gasteiger partial charge >= 0.3 is 0 Å². The number of phenolic OH excluding ortho intramolecular Hbond substituents is 1. The summed E-state index contributed by atoms with van der Waals surface area (Å²) in [6.45, 7) is 3.52. The van der Waals surface area contributed by atoms with E-state index in [0.717, 1.165) is 0 Å². The Morgan fingerprint density at radius 2 is 1.85 bits per heavy atom. The zero-order valence-electron chi connectivity index (χ0n) is 7.81. The Balaban J connectivity index is 3.56. The molecule has 0 saturated carbocycles. The number of nitrogens with two attached hydrogens (primary N) is 1. The van der Waals surface area contributed by atoms with Crippen LogP contribution in [0.4, 0.5) is 5.69 Å². The lowest BCUT2D eigenvalue weighted by atomic mass is 10.1. The fourth-order valence-corrected chi connectivity index (χ4v) is 1.41. The monoisotopic (exact) mass is 201 g/mol. The molecule has 0 atom stereocenters. The van der Waals surface area contributed by atoms with Crippen LogP contribution in [0.15, 0.2) is 0 Å². The molecule has 72 valence electrons. The summed E-state index contributed by atoms with van der Waals surface area (Å²) in [5.74, 6) is 0.301. The first-order valence-corrected chi connectivity index (χ1v) is 4.19. The highest BCUT2D eigenvalue weighted by atomic mass is 35.5. The Bertz CT molecular complexity index is 321. The molecule has 13 heavy (non-hydrogen) atoms. The van der Waals surface area contributed by atoms with Crippen molar-refractivity contribution in [2.24, 2.45) is 0 Å². The number of methoxy groups -OCH3 is 1. The maximum atomic E-state index is 9.58. The highest BCUT2D eigenvalue weighted by Crippen LogP contribution is 2.42. The van der Waals surface area contributed by atoms with Gasteiger partial charge in [-0.25, -0.2) is 0 Å². The predicted octanol–water partition coefficient (Wildman–Crippen LogP) is 2.25. The third-order valence-corrected chi connectivity index (χ3v) is 2.64. The van der Waals surface area contributed by atoms with Gasteiger partial charge in [-0.05, 0) is 19.4 Å². The number of phenols is 1. The maximum absolute atomic E-state index is 9.58. The normalized spacial score (nSPS) is 10.2. The van der Waals surface area contributed by atoms with E-state index in [0.29, 0.717) is 21.9 Å². The molecule has 0 bridgehead atoms. The molecule has 0 radical (unpaired) electrons. The quantitative estimate of drug-likeness (QED) is 0.541. The van der Waals surface area contributed by atoms with Gasteiger partial charge in [-0.15, -0.1) is 0 Å². The van der Waals surface area contributed by atoms with Crippen LogP contribution in [0.3, 0.4) is 0 Å². The number of anilines is 1. The molecule has 3 nitrogen and oxygen atoms in total. The van der Waals surface area contributed by atoms with E-state index in [9.17, 15) is 5.11 Å². The van der Waals surface area contributed by atoms with Crippen molar-refractivity contribution < 1.29 is 9.84 Å². The molecule has 0 aliphatic rings. The van der Waals surface area contributed by atoms with Gasteiger partial charge < -0.3 is 15.6 Å². The molecule has 0 unspecified atom stereocenters. The summed E-state index contributed by atoms with van der Waals surface area (Å²) in [6.07, 6.45) is 0. The van der Waals surface area contributed by atoms with E-state index >= 15 is 0 Å². The van der Waals surface area contributed by atoms with E-state index in [1.54, 1.807) is 13.8 Å². The van der Waals surface area contributed by atoms with Crippen molar-refractivity contribution >= 4 is 17.3 Å². The average Bonchev–Trinajstić information content (AvgIpc) is 2.13. The first kappa shape index (κ1) is 9.99. The predicted molar refractivity (Wildman–Crippen MR) is 53.6 cm³/mol. The summed E-state index contributed by atoms with van der Waals surface area (Å²) < 4.78 is 4.98. The van der Waals surface area contributed by atoms with E-state index in [-0.39, 0.29) is 11.4 Å². The smallest absolute Gasteiger partial charge is 0.181 e. The van der Waals surface area contributed by atoms with Gasteiger partial charge in [0.15, 0.2) is 11.5 Å². The van der Waals surface area contributed by atoms with E-state index in [4.69, 9.17) is 22.1 Å². The van der Waals surface area contributed by atoms with Crippen LogP contribution in [0.25, 0.3) is 0 Å². The minimum atomic E-state index is -0.0399. The number of halogens is 1. The lowest BCUT2D eigenvalue weighted by Gasteiger charge is -2.13. The first-order valence-electron chi connectivity index (χ1n) is 3.81. The molecule has 1 aromatic carbocycles. The Kier molecular flexibility index (Phi) is 2.57.